The fourth-order valence-electron chi connectivity index (χ4n) is 6.12. The van der Waals surface area contributed by atoms with Crippen LogP contribution in [-0.2, 0) is 23.7 Å². The molecule has 3 aliphatic rings. The molecule has 0 radical (unpaired) electrons. The van der Waals surface area contributed by atoms with Gasteiger partial charge in [-0.15, -0.1) is 0 Å². The number of ether oxygens (including phenoxy) is 6. The van der Waals surface area contributed by atoms with E-state index in [1.807, 2.05) is 0 Å². The van der Waals surface area contributed by atoms with Crippen LogP contribution in [0.5, 0.6) is 28.7 Å². The molecule has 298 valence electrons. The fraction of sp³-hybridized carbons (Fsp3) is 0.531. The number of hydrogen-bond acceptors (Lipinski definition) is 22. The van der Waals surface area contributed by atoms with E-state index in [2.05, 4.69) is 0 Å². The van der Waals surface area contributed by atoms with E-state index >= 15 is 0 Å². The molecule has 6 rings (SSSR count). The summed E-state index contributed by atoms with van der Waals surface area (Å²) in [5.41, 5.74) is -1.67. The first-order chi connectivity index (χ1) is 25.5. The van der Waals surface area contributed by atoms with E-state index in [0.29, 0.717) is 0 Å². The average Bonchev–Trinajstić information content (AvgIpc) is 3.13. The Balaban J connectivity index is 1.31. The molecular formula is C32H38O22. The van der Waals surface area contributed by atoms with Crippen molar-refractivity contribution in [1.82, 2.24) is 0 Å². The Kier molecular flexibility index (Phi) is 11.5. The summed E-state index contributed by atoms with van der Waals surface area (Å²) in [6.45, 7) is -1.55. The van der Waals surface area contributed by atoms with Crippen LogP contribution in [0.2, 0.25) is 0 Å². The van der Waals surface area contributed by atoms with E-state index < -0.39 is 151 Å². The van der Waals surface area contributed by atoms with Crippen molar-refractivity contribution in [3.05, 3.63) is 40.6 Å². The Hall–Kier alpha value is -3.95. The van der Waals surface area contributed by atoms with Crippen molar-refractivity contribution in [2.75, 3.05) is 13.2 Å². The second-order valence-electron chi connectivity index (χ2n) is 12.8. The lowest BCUT2D eigenvalue weighted by Crippen LogP contribution is -2.65. The lowest BCUT2D eigenvalue weighted by atomic mass is 9.98. The molecule has 0 aliphatic carbocycles. The van der Waals surface area contributed by atoms with E-state index in [1.165, 1.54) is 6.07 Å². The summed E-state index contributed by atoms with van der Waals surface area (Å²) in [5, 5.41) is 144. The third-order valence-corrected chi connectivity index (χ3v) is 9.14. The first kappa shape index (κ1) is 39.7. The first-order valence-electron chi connectivity index (χ1n) is 16.2. The molecule has 15 atom stereocenters. The van der Waals surface area contributed by atoms with Crippen LogP contribution >= 0.6 is 0 Å². The predicted octanol–water partition coefficient (Wildman–Crippen LogP) is -4.93. The van der Waals surface area contributed by atoms with Crippen molar-refractivity contribution in [2.45, 2.75) is 92.3 Å². The van der Waals surface area contributed by atoms with Crippen molar-refractivity contribution >= 4 is 11.0 Å². The van der Waals surface area contributed by atoms with Gasteiger partial charge in [-0.25, -0.2) is 0 Å². The summed E-state index contributed by atoms with van der Waals surface area (Å²) in [5.74, 6) is -3.91. The topological polar surface area (TPSA) is 369 Å². The first-order valence-corrected chi connectivity index (χ1v) is 16.2. The predicted molar refractivity (Wildman–Crippen MR) is 169 cm³/mol. The molecule has 7 unspecified atom stereocenters. The Morgan fingerprint density at radius 2 is 1.28 bits per heavy atom. The van der Waals surface area contributed by atoms with Gasteiger partial charge in [0.2, 0.25) is 17.5 Å². The number of fused-ring (bicyclic) bond motifs is 1. The molecule has 0 bridgehead atoms. The van der Waals surface area contributed by atoms with Gasteiger partial charge in [0, 0.05) is 17.7 Å². The van der Waals surface area contributed by atoms with Crippen LogP contribution in [0.3, 0.4) is 0 Å². The van der Waals surface area contributed by atoms with Crippen LogP contribution < -0.4 is 10.2 Å². The van der Waals surface area contributed by atoms with E-state index in [0.717, 1.165) is 24.3 Å². The van der Waals surface area contributed by atoms with Crippen molar-refractivity contribution < 1.29 is 104 Å². The number of aliphatic hydroxyl groups excluding tert-OH is 10. The van der Waals surface area contributed by atoms with Crippen molar-refractivity contribution in [1.29, 1.82) is 0 Å². The molecule has 22 heteroatoms. The van der Waals surface area contributed by atoms with Crippen molar-refractivity contribution in [3.8, 4) is 40.1 Å². The minimum absolute atomic E-state index is 0.137. The number of hydrogen-bond donors (Lipinski definition) is 14. The van der Waals surface area contributed by atoms with Crippen molar-refractivity contribution in [2.24, 2.45) is 0 Å². The third kappa shape index (κ3) is 7.38. The molecule has 14 N–H and O–H groups in total. The maximum absolute atomic E-state index is 13.9. The van der Waals surface area contributed by atoms with Gasteiger partial charge in [-0.2, -0.15) is 0 Å². The van der Waals surface area contributed by atoms with E-state index in [1.54, 1.807) is 0 Å². The Labute approximate surface area is 301 Å². The molecule has 0 spiro atoms. The standard InChI is InChI=1S/C32H38O22/c33-6-14-17(38)20(41)24(45)30(50-14)48-7-15-18(39)21(42)25(46)31(51-15)53-28-22(43)23(44)29(47)54-32(28)52-27-19(40)16-12(37)4-9(34)5-13(16)49-26(27)8-1-2-10(35)11(36)3-8/h1-5,14-15,17-18,20-25,28-39,41-47H,6-7H2/t14?,15?,17-,18-,20+,21?,22-,23-,24?,25?,28-,29-,30-,31?,32?/m1/s1. The minimum Gasteiger partial charge on any atom is -0.508 e. The molecule has 0 amide bonds. The summed E-state index contributed by atoms with van der Waals surface area (Å²) in [7, 11) is 0. The molecule has 3 aliphatic heterocycles. The molecule has 1 aromatic heterocycles. The van der Waals surface area contributed by atoms with Crippen LogP contribution in [0.1, 0.15) is 0 Å². The van der Waals surface area contributed by atoms with Crippen LogP contribution in [0.4, 0.5) is 0 Å². The highest BCUT2D eigenvalue weighted by Gasteiger charge is 2.52. The third-order valence-electron chi connectivity index (χ3n) is 9.14. The lowest BCUT2D eigenvalue weighted by molar-refractivity contribution is -0.377. The fourth-order valence-corrected chi connectivity index (χ4v) is 6.12. The number of aliphatic hydroxyl groups is 10. The van der Waals surface area contributed by atoms with Gasteiger partial charge in [0.1, 0.15) is 83.5 Å². The molecule has 0 saturated carbocycles. The van der Waals surface area contributed by atoms with Gasteiger partial charge in [0.15, 0.2) is 42.2 Å². The molecule has 22 nitrogen and oxygen atoms in total. The van der Waals surface area contributed by atoms with Crippen molar-refractivity contribution in [3.63, 3.8) is 0 Å². The highest BCUT2D eigenvalue weighted by atomic mass is 16.8. The Bertz CT molecular complexity index is 1850. The van der Waals surface area contributed by atoms with E-state index in [-0.39, 0.29) is 11.1 Å². The zero-order valence-corrected chi connectivity index (χ0v) is 27.5. The number of aromatic hydroxyl groups is 4. The van der Waals surface area contributed by atoms with Gasteiger partial charge >= 0.3 is 0 Å². The highest BCUT2D eigenvalue weighted by Crippen LogP contribution is 2.40. The lowest BCUT2D eigenvalue weighted by Gasteiger charge is -2.45. The number of rotatable bonds is 9. The normalized spacial score (nSPS) is 37.3. The molecule has 2 aromatic carbocycles. The molecule has 3 fully saturated rings. The molecule has 3 aromatic rings. The minimum atomic E-state index is -2.21. The Morgan fingerprint density at radius 1 is 0.630 bits per heavy atom. The van der Waals surface area contributed by atoms with Gasteiger partial charge in [-0.05, 0) is 18.2 Å². The van der Waals surface area contributed by atoms with Crippen LogP contribution in [-0.4, -0.2) is 177 Å². The smallest absolute Gasteiger partial charge is 0.239 e. The largest absolute Gasteiger partial charge is 0.508 e. The summed E-state index contributed by atoms with van der Waals surface area (Å²) in [4.78, 5) is 13.9. The Morgan fingerprint density at radius 3 is 1.94 bits per heavy atom. The van der Waals surface area contributed by atoms with E-state index in [9.17, 15) is 76.3 Å². The van der Waals surface area contributed by atoms with Gasteiger partial charge in [0.05, 0.1) is 13.2 Å². The number of phenolic OH excluding ortho intramolecular Hbond substituents is 4. The zero-order chi connectivity index (χ0) is 39.3. The van der Waals surface area contributed by atoms with Gasteiger partial charge < -0.3 is 104 Å². The second-order valence-corrected chi connectivity index (χ2v) is 12.8. The van der Waals surface area contributed by atoms with Gasteiger partial charge in [-0.1, -0.05) is 0 Å². The zero-order valence-electron chi connectivity index (χ0n) is 27.5. The molecule has 4 heterocycles. The van der Waals surface area contributed by atoms with Crippen LogP contribution in [0.15, 0.2) is 39.5 Å². The maximum atomic E-state index is 13.9. The van der Waals surface area contributed by atoms with E-state index in [4.69, 9.17) is 32.8 Å². The van der Waals surface area contributed by atoms with Crippen LogP contribution in [0, 0.1) is 0 Å². The number of benzene rings is 2. The second kappa shape index (κ2) is 15.7. The number of phenols is 4. The van der Waals surface area contributed by atoms with Gasteiger partial charge in [-0.3, -0.25) is 4.79 Å². The molecule has 3 saturated heterocycles. The van der Waals surface area contributed by atoms with Gasteiger partial charge in [0.25, 0.3) is 0 Å². The SMILES string of the molecule is O=c1c(OC2O[C@@H](O)[C@H](O)[C@@H](O)[C@H]2OC2OC(CO[C@@H]3OC(CO)[C@@H](O)[C@H](O)C3O)[C@@H](O)C(O)C2O)c(-c2ccc(O)c(O)c2)oc2cc(O)cc(O)c12. The monoisotopic (exact) mass is 774 g/mol. The van der Waals surface area contributed by atoms with Crippen LogP contribution in [0.25, 0.3) is 22.3 Å². The summed E-state index contributed by atoms with van der Waals surface area (Å²) in [6.07, 6.45) is -29.0. The highest BCUT2D eigenvalue weighted by molar-refractivity contribution is 5.88. The molecular weight excluding hydrogens is 736 g/mol. The summed E-state index contributed by atoms with van der Waals surface area (Å²) < 4.78 is 38.8. The summed E-state index contributed by atoms with van der Waals surface area (Å²) in [6, 6.07) is 4.91. The summed E-state index contributed by atoms with van der Waals surface area (Å²) >= 11 is 0. The maximum Gasteiger partial charge on any atom is 0.239 e. The average molecular weight is 775 g/mol. The molecule has 54 heavy (non-hydrogen) atoms. The quantitative estimate of drug-likeness (QED) is 0.0906.